The second-order valence-electron chi connectivity index (χ2n) is 4.57. The van der Waals surface area contributed by atoms with Crippen LogP contribution in [0.5, 0.6) is 0 Å². The Kier molecular flexibility index (Phi) is 2.83. The molecule has 0 aromatic rings. The molecule has 7 nitrogen and oxygen atoms in total. The quantitative estimate of drug-likeness (QED) is 0.646. The average Bonchev–Trinajstić information content (AvgIpc) is 2.68. The fourth-order valence-corrected chi connectivity index (χ4v) is 3.22. The van der Waals surface area contributed by atoms with Crippen molar-refractivity contribution < 1.29 is 22.7 Å². The molecule has 2 saturated heterocycles. The van der Waals surface area contributed by atoms with Gasteiger partial charge in [0.15, 0.2) is 5.60 Å². The van der Waals surface area contributed by atoms with Crippen LogP contribution in [0.3, 0.4) is 0 Å². The van der Waals surface area contributed by atoms with Crippen LogP contribution in [0.1, 0.15) is 0 Å². The van der Waals surface area contributed by atoms with E-state index in [4.69, 9.17) is 9.47 Å². The van der Waals surface area contributed by atoms with Gasteiger partial charge in [0.05, 0.1) is 19.3 Å². The smallest absolute Gasteiger partial charge is 0.410 e. The highest BCUT2D eigenvalue weighted by Gasteiger charge is 2.57. The van der Waals surface area contributed by atoms with E-state index in [1.165, 1.54) is 16.3 Å². The van der Waals surface area contributed by atoms with Gasteiger partial charge in [-0.25, -0.2) is 13.2 Å². The third-order valence-electron chi connectivity index (χ3n) is 3.26. The van der Waals surface area contributed by atoms with Crippen molar-refractivity contribution in [2.45, 2.75) is 11.7 Å². The van der Waals surface area contributed by atoms with E-state index >= 15 is 0 Å². The second-order valence-corrected chi connectivity index (χ2v) is 6.55. The summed E-state index contributed by atoms with van der Waals surface area (Å²) in [5.74, 6) is 0. The maximum Gasteiger partial charge on any atom is 0.410 e. The number of amides is 1. The molecular weight excluding hydrogens is 248 g/mol. The van der Waals surface area contributed by atoms with Crippen molar-refractivity contribution in [2.75, 3.05) is 40.0 Å². The van der Waals surface area contributed by atoms with Gasteiger partial charge < -0.3 is 14.4 Å². The fraction of sp³-hybridized carbons (Fsp3) is 0.889. The Balaban J connectivity index is 2.27. The number of rotatable bonds is 2. The molecule has 2 atom stereocenters. The number of hydrogen-bond acceptors (Lipinski definition) is 5. The van der Waals surface area contributed by atoms with E-state index in [2.05, 4.69) is 0 Å². The predicted molar refractivity (Wildman–Crippen MR) is 59.1 cm³/mol. The predicted octanol–water partition coefficient (Wildman–Crippen LogP) is -0.903. The van der Waals surface area contributed by atoms with Gasteiger partial charge in [0.2, 0.25) is 10.0 Å². The molecule has 0 aliphatic carbocycles. The minimum atomic E-state index is -3.30. The van der Waals surface area contributed by atoms with E-state index in [0.29, 0.717) is 6.54 Å². The first kappa shape index (κ1) is 12.6. The molecule has 2 aliphatic heterocycles. The van der Waals surface area contributed by atoms with Crippen LogP contribution in [-0.2, 0) is 19.5 Å². The van der Waals surface area contributed by atoms with E-state index in [1.54, 1.807) is 7.05 Å². The molecule has 0 bridgehead atoms. The Morgan fingerprint density at radius 2 is 2.12 bits per heavy atom. The molecule has 0 radical (unpaired) electrons. The zero-order chi connectivity index (χ0) is 12.8. The van der Waals surface area contributed by atoms with E-state index in [1.807, 2.05) is 0 Å². The van der Waals surface area contributed by atoms with Gasteiger partial charge in [0, 0.05) is 20.7 Å². The summed E-state index contributed by atoms with van der Waals surface area (Å²) in [5.41, 5.74) is -0.871. The Bertz CT molecular complexity index is 437. The first-order valence-electron chi connectivity index (χ1n) is 5.20. The van der Waals surface area contributed by atoms with Gasteiger partial charge in [0.25, 0.3) is 0 Å². The lowest BCUT2D eigenvalue weighted by Gasteiger charge is -2.26. The summed E-state index contributed by atoms with van der Waals surface area (Å²) in [4.78, 5) is 12.9. The van der Waals surface area contributed by atoms with Crippen molar-refractivity contribution in [1.29, 1.82) is 0 Å². The van der Waals surface area contributed by atoms with Crippen LogP contribution in [0.25, 0.3) is 0 Å². The van der Waals surface area contributed by atoms with E-state index in [-0.39, 0.29) is 13.1 Å². The molecule has 1 spiro atoms. The van der Waals surface area contributed by atoms with Crippen molar-refractivity contribution >= 4 is 16.1 Å². The summed E-state index contributed by atoms with van der Waals surface area (Å²) in [6, 6.07) is 0. The topological polar surface area (TPSA) is 76.2 Å². The van der Waals surface area contributed by atoms with E-state index in [9.17, 15) is 13.2 Å². The lowest BCUT2D eigenvalue weighted by molar-refractivity contribution is -0.0400. The molecule has 2 rings (SSSR count). The summed E-state index contributed by atoms with van der Waals surface area (Å²) in [5, 5.41) is 0. The third kappa shape index (κ3) is 2.00. The van der Waals surface area contributed by atoms with Gasteiger partial charge >= 0.3 is 6.09 Å². The molecule has 2 heterocycles. The van der Waals surface area contributed by atoms with Crippen LogP contribution in [0.4, 0.5) is 4.79 Å². The average molecular weight is 264 g/mol. The van der Waals surface area contributed by atoms with Crippen LogP contribution in [0, 0.1) is 0 Å². The number of carbonyl (C=O) groups excluding carboxylic acids is 1. The highest BCUT2D eigenvalue weighted by atomic mass is 32.2. The van der Waals surface area contributed by atoms with Crippen molar-refractivity contribution in [2.24, 2.45) is 0 Å². The Labute approximate surface area is 100 Å². The van der Waals surface area contributed by atoms with Gasteiger partial charge in [-0.1, -0.05) is 0 Å². The molecule has 2 fully saturated rings. The highest BCUT2D eigenvalue weighted by molar-refractivity contribution is 7.88. The Morgan fingerprint density at radius 3 is 2.53 bits per heavy atom. The Morgan fingerprint density at radius 1 is 1.47 bits per heavy atom. The van der Waals surface area contributed by atoms with E-state index in [0.717, 1.165) is 6.26 Å². The molecule has 2 aliphatic rings. The van der Waals surface area contributed by atoms with Crippen molar-refractivity contribution in [3.05, 3.63) is 0 Å². The summed E-state index contributed by atoms with van der Waals surface area (Å²) >= 11 is 0. The Hall–Kier alpha value is -0.860. The second kappa shape index (κ2) is 3.82. The van der Waals surface area contributed by atoms with Gasteiger partial charge in [-0.3, -0.25) is 0 Å². The largest absolute Gasteiger partial charge is 0.437 e. The molecule has 0 aromatic carbocycles. The number of sulfonamides is 1. The SMILES string of the molecule is CO[C@H]1CN(S(C)(=O)=O)C[C@@]12CN(C)C(=O)O2. The number of ether oxygens (including phenoxy) is 2. The molecule has 0 N–H and O–H groups in total. The summed E-state index contributed by atoms with van der Waals surface area (Å²) < 4.78 is 34.9. The van der Waals surface area contributed by atoms with Crippen LogP contribution < -0.4 is 0 Å². The molecule has 98 valence electrons. The molecular formula is C9H16N2O5S. The van der Waals surface area contributed by atoms with Gasteiger partial charge in [-0.05, 0) is 0 Å². The normalized spacial score (nSPS) is 34.6. The molecule has 0 aromatic heterocycles. The van der Waals surface area contributed by atoms with Gasteiger partial charge in [0.1, 0.15) is 6.10 Å². The van der Waals surface area contributed by atoms with Crippen LogP contribution >= 0.6 is 0 Å². The van der Waals surface area contributed by atoms with Gasteiger partial charge in [-0.2, -0.15) is 4.31 Å². The van der Waals surface area contributed by atoms with Gasteiger partial charge in [-0.15, -0.1) is 0 Å². The first-order valence-corrected chi connectivity index (χ1v) is 7.05. The maximum atomic E-state index is 11.5. The summed E-state index contributed by atoms with van der Waals surface area (Å²) in [7, 11) is -0.192. The minimum Gasteiger partial charge on any atom is -0.437 e. The van der Waals surface area contributed by atoms with Crippen molar-refractivity contribution in [1.82, 2.24) is 9.21 Å². The number of nitrogens with zero attached hydrogens (tertiary/aromatic N) is 2. The number of hydrogen-bond donors (Lipinski definition) is 0. The molecule has 0 saturated carbocycles. The highest BCUT2D eigenvalue weighted by Crippen LogP contribution is 2.34. The summed E-state index contributed by atoms with van der Waals surface area (Å²) in [6.45, 7) is 0.716. The lowest BCUT2D eigenvalue weighted by Crippen LogP contribution is -2.46. The molecule has 1 amide bonds. The number of carbonyl (C=O) groups is 1. The van der Waals surface area contributed by atoms with Crippen LogP contribution in [0.2, 0.25) is 0 Å². The lowest BCUT2D eigenvalue weighted by atomic mass is 10.0. The standard InChI is InChI=1S/C9H16N2O5S/c1-10-5-9(16-8(10)12)6-11(17(3,13)14)4-7(9)15-2/h7H,4-6H2,1-3H3/t7-,9-/m0/s1. The van der Waals surface area contributed by atoms with Crippen molar-refractivity contribution in [3.8, 4) is 0 Å². The van der Waals surface area contributed by atoms with Crippen LogP contribution in [-0.4, -0.2) is 75.5 Å². The molecule has 8 heteroatoms. The minimum absolute atomic E-state index is 0.153. The summed E-state index contributed by atoms with van der Waals surface area (Å²) in [6.07, 6.45) is 0.271. The number of likely N-dealkylation sites (N-methyl/N-ethyl adjacent to an activating group) is 1. The zero-order valence-corrected chi connectivity index (χ0v) is 10.9. The fourth-order valence-electron chi connectivity index (χ4n) is 2.36. The molecule has 17 heavy (non-hydrogen) atoms. The van der Waals surface area contributed by atoms with Crippen molar-refractivity contribution in [3.63, 3.8) is 0 Å². The monoisotopic (exact) mass is 264 g/mol. The third-order valence-corrected chi connectivity index (χ3v) is 4.48. The molecule has 0 unspecified atom stereocenters. The first-order chi connectivity index (χ1) is 7.78. The van der Waals surface area contributed by atoms with Crippen LogP contribution in [0.15, 0.2) is 0 Å². The van der Waals surface area contributed by atoms with E-state index < -0.39 is 27.8 Å². The maximum absolute atomic E-state index is 11.5. The zero-order valence-electron chi connectivity index (χ0n) is 10.0. The number of methoxy groups -OCH3 is 1.